The Kier molecular flexibility index (Phi) is 5.02. The Morgan fingerprint density at radius 3 is 2.84 bits per heavy atom. The fourth-order valence-corrected chi connectivity index (χ4v) is 3.81. The normalized spacial score (nSPS) is 23.4. The molecule has 1 saturated carbocycles. The number of aromatic nitrogens is 1. The molecule has 1 fully saturated rings. The van der Waals surface area contributed by atoms with Crippen molar-refractivity contribution in [3.05, 3.63) is 17.7 Å². The first kappa shape index (κ1) is 14.6. The summed E-state index contributed by atoms with van der Waals surface area (Å²) in [6.45, 7) is 4.66. The third kappa shape index (κ3) is 3.81. The lowest BCUT2D eigenvalue weighted by Crippen LogP contribution is -2.15. The first-order chi connectivity index (χ1) is 9.10. The lowest BCUT2D eigenvalue weighted by atomic mass is 9.91. The van der Waals surface area contributed by atoms with Crippen molar-refractivity contribution in [3.63, 3.8) is 0 Å². The monoisotopic (exact) mass is 286 g/mol. The topological polar surface area (TPSA) is 24.9 Å². The van der Waals surface area contributed by atoms with E-state index in [1.54, 1.807) is 0 Å². The van der Waals surface area contributed by atoms with Crippen LogP contribution in [0.15, 0.2) is 11.1 Å². The molecule has 1 heterocycles. The molecule has 1 aliphatic carbocycles. The predicted octanol–water partition coefficient (Wildman–Crippen LogP) is 4.46. The number of rotatable bonds is 4. The average molecular weight is 286 g/mol. The molecule has 2 nitrogen and oxygen atoms in total. The molecule has 19 heavy (non-hydrogen) atoms. The maximum Gasteiger partial charge on any atom is 0.168 e. The summed E-state index contributed by atoms with van der Waals surface area (Å²) in [6, 6.07) is 0.930. The highest BCUT2D eigenvalue weighted by Crippen LogP contribution is 2.36. The van der Waals surface area contributed by atoms with E-state index >= 15 is 0 Å². The van der Waals surface area contributed by atoms with Crippen LogP contribution in [0.5, 0.6) is 0 Å². The van der Waals surface area contributed by atoms with Gasteiger partial charge in [0.1, 0.15) is 5.03 Å². The van der Waals surface area contributed by atoms with E-state index < -0.39 is 11.6 Å². The Morgan fingerprint density at radius 1 is 1.37 bits per heavy atom. The highest BCUT2D eigenvalue weighted by atomic mass is 32.2. The Bertz CT molecular complexity index is 440. The summed E-state index contributed by atoms with van der Waals surface area (Å²) in [4.78, 5) is 4.08. The lowest BCUT2D eigenvalue weighted by molar-refractivity contribution is 0.393. The minimum Gasteiger partial charge on any atom is -0.368 e. The van der Waals surface area contributed by atoms with Crippen molar-refractivity contribution in [2.75, 3.05) is 11.9 Å². The van der Waals surface area contributed by atoms with Gasteiger partial charge in [0, 0.05) is 17.9 Å². The molecule has 2 atom stereocenters. The van der Waals surface area contributed by atoms with Gasteiger partial charge in [-0.25, -0.2) is 13.8 Å². The molecule has 5 heteroatoms. The maximum absolute atomic E-state index is 13.8. The third-order valence-electron chi connectivity index (χ3n) is 3.41. The van der Waals surface area contributed by atoms with Crippen molar-refractivity contribution in [2.45, 2.75) is 49.8 Å². The van der Waals surface area contributed by atoms with Crippen molar-refractivity contribution < 1.29 is 8.78 Å². The van der Waals surface area contributed by atoms with Gasteiger partial charge in [-0.2, -0.15) is 0 Å². The molecule has 106 valence electrons. The molecule has 0 spiro atoms. The second-order valence-corrected chi connectivity index (χ2v) is 6.44. The SMILES string of the molecule is CCNc1nc(SC2CCCC(C)C2)c(F)cc1F. The maximum atomic E-state index is 13.8. The number of pyridine rings is 1. The van der Waals surface area contributed by atoms with Gasteiger partial charge in [0.05, 0.1) is 0 Å². The Balaban J connectivity index is 2.12. The highest BCUT2D eigenvalue weighted by molar-refractivity contribution is 7.99. The molecule has 0 saturated heterocycles. The summed E-state index contributed by atoms with van der Waals surface area (Å²) in [7, 11) is 0. The van der Waals surface area contributed by atoms with Gasteiger partial charge in [-0.05, 0) is 25.7 Å². The van der Waals surface area contributed by atoms with Crippen LogP contribution in [0.1, 0.15) is 39.5 Å². The van der Waals surface area contributed by atoms with Gasteiger partial charge in [-0.3, -0.25) is 0 Å². The summed E-state index contributed by atoms with van der Waals surface area (Å²) < 4.78 is 27.3. The Hall–Kier alpha value is -0.840. The number of halogens is 2. The van der Waals surface area contributed by atoms with Crippen LogP contribution in [0.25, 0.3) is 0 Å². The zero-order chi connectivity index (χ0) is 13.8. The van der Waals surface area contributed by atoms with Crippen LogP contribution >= 0.6 is 11.8 Å². The number of hydrogen-bond donors (Lipinski definition) is 1. The van der Waals surface area contributed by atoms with Crippen LogP contribution in [-0.2, 0) is 0 Å². The zero-order valence-corrected chi connectivity index (χ0v) is 12.2. The smallest absolute Gasteiger partial charge is 0.168 e. The summed E-state index contributed by atoms with van der Waals surface area (Å²) in [5, 5.41) is 3.53. The van der Waals surface area contributed by atoms with Gasteiger partial charge in [0.2, 0.25) is 0 Å². The summed E-state index contributed by atoms with van der Waals surface area (Å²) in [5.74, 6) is -0.346. The number of anilines is 1. The van der Waals surface area contributed by atoms with E-state index in [0.717, 1.165) is 18.9 Å². The van der Waals surface area contributed by atoms with Gasteiger partial charge < -0.3 is 5.32 Å². The van der Waals surface area contributed by atoms with Gasteiger partial charge >= 0.3 is 0 Å². The molecule has 0 bridgehead atoms. The van der Waals surface area contributed by atoms with E-state index in [1.165, 1.54) is 24.6 Å². The van der Waals surface area contributed by atoms with Crippen molar-refractivity contribution in [2.24, 2.45) is 5.92 Å². The predicted molar refractivity (Wildman–Crippen MR) is 75.6 cm³/mol. The summed E-state index contributed by atoms with van der Waals surface area (Å²) in [5.41, 5.74) is 0. The number of nitrogens with zero attached hydrogens (tertiary/aromatic N) is 1. The fraction of sp³-hybridized carbons (Fsp3) is 0.643. The van der Waals surface area contributed by atoms with E-state index in [9.17, 15) is 8.78 Å². The zero-order valence-electron chi connectivity index (χ0n) is 11.4. The van der Waals surface area contributed by atoms with Gasteiger partial charge in [-0.1, -0.05) is 31.5 Å². The van der Waals surface area contributed by atoms with Crippen LogP contribution < -0.4 is 5.32 Å². The second-order valence-electron chi connectivity index (χ2n) is 5.15. The van der Waals surface area contributed by atoms with Crippen LogP contribution in [0.3, 0.4) is 0 Å². The molecule has 1 aromatic heterocycles. The van der Waals surface area contributed by atoms with Gasteiger partial charge in [0.25, 0.3) is 0 Å². The van der Waals surface area contributed by atoms with E-state index in [-0.39, 0.29) is 5.82 Å². The van der Waals surface area contributed by atoms with Crippen molar-refractivity contribution >= 4 is 17.6 Å². The van der Waals surface area contributed by atoms with Crippen LogP contribution in [0.4, 0.5) is 14.6 Å². The van der Waals surface area contributed by atoms with E-state index in [4.69, 9.17) is 0 Å². The van der Waals surface area contributed by atoms with Gasteiger partial charge in [-0.15, -0.1) is 0 Å². The Labute approximate surface area is 117 Å². The number of nitrogens with one attached hydrogen (secondary N) is 1. The molecule has 1 aromatic rings. The standard InChI is InChI=1S/C14H20F2N2S/c1-3-17-13-11(15)8-12(16)14(18-13)19-10-6-4-5-9(2)7-10/h8-10H,3-7H2,1-2H3,(H,17,18). The van der Waals surface area contributed by atoms with Crippen molar-refractivity contribution in [1.29, 1.82) is 0 Å². The molecule has 0 aliphatic heterocycles. The summed E-state index contributed by atoms with van der Waals surface area (Å²) >= 11 is 1.45. The molecular weight excluding hydrogens is 266 g/mol. The largest absolute Gasteiger partial charge is 0.368 e. The summed E-state index contributed by atoms with van der Waals surface area (Å²) in [6.07, 6.45) is 4.60. The molecule has 0 radical (unpaired) electrons. The molecule has 2 rings (SSSR count). The van der Waals surface area contributed by atoms with E-state index in [2.05, 4.69) is 17.2 Å². The average Bonchev–Trinajstić information content (AvgIpc) is 2.35. The minimum atomic E-state index is -0.624. The van der Waals surface area contributed by atoms with E-state index in [1.807, 2.05) is 6.92 Å². The fourth-order valence-electron chi connectivity index (χ4n) is 2.47. The molecule has 0 aromatic carbocycles. The molecule has 0 amide bonds. The van der Waals surface area contributed by atoms with Crippen molar-refractivity contribution in [1.82, 2.24) is 4.98 Å². The third-order valence-corrected chi connectivity index (χ3v) is 4.68. The molecular formula is C14H20F2N2S. The molecule has 1 N–H and O–H groups in total. The highest BCUT2D eigenvalue weighted by Gasteiger charge is 2.22. The van der Waals surface area contributed by atoms with Crippen LogP contribution in [-0.4, -0.2) is 16.8 Å². The second kappa shape index (κ2) is 6.55. The Morgan fingerprint density at radius 2 is 2.16 bits per heavy atom. The van der Waals surface area contributed by atoms with E-state index in [0.29, 0.717) is 22.7 Å². The van der Waals surface area contributed by atoms with Gasteiger partial charge in [0.15, 0.2) is 17.5 Å². The van der Waals surface area contributed by atoms with Crippen LogP contribution in [0, 0.1) is 17.6 Å². The first-order valence-electron chi connectivity index (χ1n) is 6.86. The van der Waals surface area contributed by atoms with Crippen LogP contribution in [0.2, 0.25) is 0 Å². The molecule has 2 unspecified atom stereocenters. The first-order valence-corrected chi connectivity index (χ1v) is 7.74. The number of thioether (sulfide) groups is 1. The molecule has 1 aliphatic rings. The minimum absolute atomic E-state index is 0.148. The quantitative estimate of drug-likeness (QED) is 0.884. The van der Waals surface area contributed by atoms with Crippen molar-refractivity contribution in [3.8, 4) is 0 Å². The lowest BCUT2D eigenvalue weighted by Gasteiger charge is -2.26. The number of hydrogen-bond acceptors (Lipinski definition) is 3.